The number of nitrogens with one attached hydrogen (secondary N) is 1. The van der Waals surface area contributed by atoms with Crippen LogP contribution in [0, 0.1) is 12.3 Å². The van der Waals surface area contributed by atoms with Crippen LogP contribution in [0.15, 0.2) is 17.0 Å². The minimum Gasteiger partial charge on any atom is -0.398 e. The fourth-order valence-electron chi connectivity index (χ4n) is 1.63. The lowest BCUT2D eigenvalue weighted by Gasteiger charge is -2.24. The number of aryl methyl sites for hydroxylation is 1. The molecule has 0 atom stereocenters. The van der Waals surface area contributed by atoms with Gasteiger partial charge in [0.05, 0.1) is 5.02 Å². The monoisotopic (exact) mass is 320 g/mol. The Bertz CT molecular complexity index is 586. The summed E-state index contributed by atoms with van der Waals surface area (Å²) in [4.78, 5) is -0.0259. The highest BCUT2D eigenvalue weighted by Crippen LogP contribution is 2.27. The molecule has 0 heterocycles. The molecular weight excluding hydrogens is 300 g/mol. The van der Waals surface area contributed by atoms with E-state index in [-0.39, 0.29) is 28.5 Å². The smallest absolute Gasteiger partial charge is 0.242 e. The highest BCUT2D eigenvalue weighted by molar-refractivity contribution is 7.89. The molecule has 0 saturated heterocycles. The standard InChI is InChI=1S/C13H21ClN2O3S/c1-9-6-10(14)12(7-11(9)15)20(18,19)16-8-13(2,3)4-5-17/h6-7,16-17H,4-5,8,15H2,1-3H3. The normalized spacial score (nSPS) is 12.7. The predicted octanol–water partition coefficient (Wildman–Crippen LogP) is 1.92. The van der Waals surface area contributed by atoms with E-state index in [0.29, 0.717) is 12.1 Å². The van der Waals surface area contributed by atoms with Gasteiger partial charge in [-0.15, -0.1) is 0 Å². The third-order valence-electron chi connectivity index (χ3n) is 3.14. The lowest BCUT2D eigenvalue weighted by Crippen LogP contribution is -2.34. The summed E-state index contributed by atoms with van der Waals surface area (Å²) < 4.78 is 27.0. The molecule has 0 aliphatic carbocycles. The molecule has 0 aliphatic heterocycles. The van der Waals surface area contributed by atoms with Crippen molar-refractivity contribution in [2.45, 2.75) is 32.1 Å². The number of sulfonamides is 1. The molecule has 1 aromatic carbocycles. The maximum atomic E-state index is 12.3. The third kappa shape index (κ3) is 4.34. The van der Waals surface area contributed by atoms with Crippen molar-refractivity contribution in [1.82, 2.24) is 4.72 Å². The summed E-state index contributed by atoms with van der Waals surface area (Å²) in [5.41, 5.74) is 6.50. The van der Waals surface area contributed by atoms with Gasteiger partial charge in [-0.3, -0.25) is 0 Å². The Balaban J connectivity index is 2.98. The quantitative estimate of drug-likeness (QED) is 0.698. The zero-order valence-electron chi connectivity index (χ0n) is 11.9. The second kappa shape index (κ2) is 6.30. The van der Waals surface area contributed by atoms with Crippen LogP contribution < -0.4 is 10.5 Å². The molecule has 20 heavy (non-hydrogen) atoms. The largest absolute Gasteiger partial charge is 0.398 e. The van der Waals surface area contributed by atoms with Gasteiger partial charge >= 0.3 is 0 Å². The molecule has 5 nitrogen and oxygen atoms in total. The Morgan fingerprint density at radius 1 is 1.40 bits per heavy atom. The molecule has 0 unspecified atom stereocenters. The van der Waals surface area contributed by atoms with Crippen LogP contribution in [-0.4, -0.2) is 26.7 Å². The molecule has 1 aromatic rings. The number of aliphatic hydroxyl groups is 1. The topological polar surface area (TPSA) is 92.4 Å². The molecule has 0 aliphatic rings. The first-order valence-corrected chi connectivity index (χ1v) is 8.11. The van der Waals surface area contributed by atoms with Crippen molar-refractivity contribution in [3.05, 3.63) is 22.7 Å². The molecule has 0 bridgehead atoms. The van der Waals surface area contributed by atoms with Crippen LogP contribution in [0.2, 0.25) is 5.02 Å². The van der Waals surface area contributed by atoms with E-state index < -0.39 is 10.0 Å². The SMILES string of the molecule is Cc1cc(Cl)c(S(=O)(=O)NCC(C)(C)CCO)cc1N. The lowest BCUT2D eigenvalue weighted by molar-refractivity contribution is 0.213. The first kappa shape index (κ1) is 17.2. The summed E-state index contributed by atoms with van der Waals surface area (Å²) in [5, 5.41) is 9.09. The summed E-state index contributed by atoms with van der Waals surface area (Å²) in [6, 6.07) is 2.89. The molecule has 4 N–H and O–H groups in total. The Hall–Kier alpha value is -0.820. The first-order valence-electron chi connectivity index (χ1n) is 6.25. The fraction of sp³-hybridized carbons (Fsp3) is 0.538. The fourth-order valence-corrected chi connectivity index (χ4v) is 3.49. The van der Waals surface area contributed by atoms with Gasteiger partial charge < -0.3 is 10.8 Å². The van der Waals surface area contributed by atoms with Crippen LogP contribution in [0.3, 0.4) is 0 Å². The maximum Gasteiger partial charge on any atom is 0.242 e. The van der Waals surface area contributed by atoms with Crippen molar-refractivity contribution in [3.8, 4) is 0 Å². The van der Waals surface area contributed by atoms with Crippen LogP contribution in [0.25, 0.3) is 0 Å². The number of hydrogen-bond donors (Lipinski definition) is 3. The minimum absolute atomic E-state index is 0.00691. The second-order valence-electron chi connectivity index (χ2n) is 5.60. The van der Waals surface area contributed by atoms with E-state index in [1.54, 1.807) is 6.92 Å². The molecule has 0 fully saturated rings. The lowest BCUT2D eigenvalue weighted by atomic mass is 9.90. The van der Waals surface area contributed by atoms with Gasteiger partial charge in [-0.1, -0.05) is 25.4 Å². The first-order chi connectivity index (χ1) is 9.09. The van der Waals surface area contributed by atoms with E-state index in [9.17, 15) is 8.42 Å². The van der Waals surface area contributed by atoms with Crippen LogP contribution in [0.1, 0.15) is 25.8 Å². The van der Waals surface area contributed by atoms with Gasteiger partial charge in [-0.25, -0.2) is 13.1 Å². The Morgan fingerprint density at radius 2 is 2.00 bits per heavy atom. The molecule has 0 spiro atoms. The number of rotatable bonds is 6. The molecule has 0 saturated carbocycles. The number of aliphatic hydroxyl groups excluding tert-OH is 1. The Labute approximate surface area is 125 Å². The van der Waals surface area contributed by atoms with Gasteiger partial charge in [-0.2, -0.15) is 0 Å². The Kier molecular flexibility index (Phi) is 5.43. The molecule has 1 rings (SSSR count). The van der Waals surface area contributed by atoms with Crippen molar-refractivity contribution < 1.29 is 13.5 Å². The molecule has 0 aromatic heterocycles. The van der Waals surface area contributed by atoms with Gasteiger partial charge in [0, 0.05) is 18.8 Å². The van der Waals surface area contributed by atoms with Crippen LogP contribution in [-0.2, 0) is 10.0 Å². The summed E-state index contributed by atoms with van der Waals surface area (Å²) in [5.74, 6) is 0. The van der Waals surface area contributed by atoms with Gasteiger partial charge in [0.1, 0.15) is 4.90 Å². The molecule has 0 radical (unpaired) electrons. The molecule has 7 heteroatoms. The van der Waals surface area contributed by atoms with E-state index in [1.807, 2.05) is 13.8 Å². The summed E-state index contributed by atoms with van der Waals surface area (Å²) in [6.45, 7) is 5.72. The maximum absolute atomic E-state index is 12.3. The average molecular weight is 321 g/mol. The number of nitrogen functional groups attached to an aromatic ring is 1. The number of nitrogens with two attached hydrogens (primary N) is 1. The number of halogens is 1. The van der Waals surface area contributed by atoms with Gasteiger partial charge in [-0.05, 0) is 36.5 Å². The van der Waals surface area contributed by atoms with Gasteiger partial charge in [0.2, 0.25) is 10.0 Å². The van der Waals surface area contributed by atoms with Crippen molar-refractivity contribution in [2.75, 3.05) is 18.9 Å². The van der Waals surface area contributed by atoms with Crippen molar-refractivity contribution >= 4 is 27.3 Å². The van der Waals surface area contributed by atoms with Crippen LogP contribution in [0.5, 0.6) is 0 Å². The van der Waals surface area contributed by atoms with E-state index >= 15 is 0 Å². The van der Waals surface area contributed by atoms with E-state index in [4.69, 9.17) is 22.4 Å². The average Bonchev–Trinajstić information content (AvgIpc) is 2.31. The number of hydrogen-bond acceptors (Lipinski definition) is 4. The Morgan fingerprint density at radius 3 is 2.55 bits per heavy atom. The van der Waals surface area contributed by atoms with Crippen molar-refractivity contribution in [2.24, 2.45) is 5.41 Å². The third-order valence-corrected chi connectivity index (χ3v) is 5.01. The number of anilines is 1. The van der Waals surface area contributed by atoms with E-state index in [0.717, 1.165) is 5.56 Å². The summed E-state index contributed by atoms with van der Waals surface area (Å²) >= 11 is 5.98. The summed E-state index contributed by atoms with van der Waals surface area (Å²) in [6.07, 6.45) is 0.499. The van der Waals surface area contributed by atoms with Crippen LogP contribution >= 0.6 is 11.6 Å². The summed E-state index contributed by atoms with van der Waals surface area (Å²) in [7, 11) is -3.73. The van der Waals surface area contributed by atoms with Crippen molar-refractivity contribution in [1.29, 1.82) is 0 Å². The minimum atomic E-state index is -3.73. The van der Waals surface area contributed by atoms with Gasteiger partial charge in [0.15, 0.2) is 0 Å². The zero-order valence-corrected chi connectivity index (χ0v) is 13.5. The zero-order chi connectivity index (χ0) is 15.6. The second-order valence-corrected chi connectivity index (χ2v) is 7.74. The van der Waals surface area contributed by atoms with Gasteiger partial charge in [0.25, 0.3) is 0 Å². The highest BCUT2D eigenvalue weighted by Gasteiger charge is 2.24. The predicted molar refractivity (Wildman–Crippen MR) is 81.3 cm³/mol. The van der Waals surface area contributed by atoms with E-state index in [2.05, 4.69) is 4.72 Å². The highest BCUT2D eigenvalue weighted by atomic mass is 35.5. The molecule has 114 valence electrons. The van der Waals surface area contributed by atoms with E-state index in [1.165, 1.54) is 12.1 Å². The van der Waals surface area contributed by atoms with Crippen molar-refractivity contribution in [3.63, 3.8) is 0 Å². The number of benzene rings is 1. The molecular formula is C13H21ClN2O3S. The van der Waals surface area contributed by atoms with Crippen LogP contribution in [0.4, 0.5) is 5.69 Å². The molecule has 0 amide bonds.